The third-order valence-electron chi connectivity index (χ3n) is 6.87. The van der Waals surface area contributed by atoms with Crippen molar-refractivity contribution >= 4 is 17.6 Å². The first-order valence-electron chi connectivity index (χ1n) is 12.5. The lowest BCUT2D eigenvalue weighted by atomic mass is 9.96. The van der Waals surface area contributed by atoms with Gasteiger partial charge in [-0.2, -0.15) is 26.3 Å². The van der Waals surface area contributed by atoms with Gasteiger partial charge >= 0.3 is 12.4 Å². The average molecular weight is 569 g/mol. The molecule has 1 aromatic rings. The molecule has 4 atom stereocenters. The number of pyridine rings is 1. The first kappa shape index (κ1) is 29.1. The summed E-state index contributed by atoms with van der Waals surface area (Å²) < 4.78 is 90.0. The lowest BCUT2D eigenvalue weighted by Crippen LogP contribution is -2.64. The molecular weight excluding hydrogens is 538 g/mol. The molecule has 2 fully saturated rings. The van der Waals surface area contributed by atoms with E-state index in [2.05, 4.69) is 15.7 Å². The summed E-state index contributed by atoms with van der Waals surface area (Å²) in [5.41, 5.74) is 3.54. The van der Waals surface area contributed by atoms with Crippen LogP contribution in [0.4, 0.5) is 32.2 Å². The number of rotatable bonds is 7. The molecule has 0 aliphatic carbocycles. The zero-order valence-electron chi connectivity index (χ0n) is 21.1. The van der Waals surface area contributed by atoms with Crippen molar-refractivity contribution in [3.05, 3.63) is 17.8 Å². The molecule has 3 unspecified atom stereocenters. The smallest absolute Gasteiger partial charge is 0.418 e. The van der Waals surface area contributed by atoms with Gasteiger partial charge in [-0.1, -0.05) is 0 Å². The lowest BCUT2D eigenvalue weighted by Gasteiger charge is -2.41. The van der Waals surface area contributed by atoms with Crippen LogP contribution in [0.1, 0.15) is 25.3 Å². The number of fused-ring (bicyclic) bond motifs is 3. The van der Waals surface area contributed by atoms with Gasteiger partial charge in [0.05, 0.1) is 37.8 Å². The van der Waals surface area contributed by atoms with Gasteiger partial charge in [0.15, 0.2) is 17.5 Å². The van der Waals surface area contributed by atoms with Gasteiger partial charge in [-0.05, 0) is 13.0 Å². The standard InChI is InChI=1S/C23H30F6N6O4/c1-13(32-16-10-31-33-21(37)19(16)23(27,28)29)12-38-6-3-18(36)34-4-5-35-15(11-34)2-7-39-17-8-14(22(24,25)26)9-30-20(17)35/h8-9,13,15-16,19,31-32H,2-7,10-12H2,1H3,(H,33,37)/t13-,15?,16?,19?/m0/s1. The Hall–Kier alpha value is -2.85. The van der Waals surface area contributed by atoms with Crippen LogP contribution in [0.3, 0.4) is 0 Å². The molecule has 0 radical (unpaired) electrons. The van der Waals surface area contributed by atoms with Gasteiger partial charge in [0.1, 0.15) is 0 Å². The number of nitrogens with one attached hydrogen (secondary N) is 3. The number of hydrogen-bond acceptors (Lipinski definition) is 8. The summed E-state index contributed by atoms with van der Waals surface area (Å²) >= 11 is 0. The molecule has 0 aromatic carbocycles. The Balaban J connectivity index is 1.23. The maximum Gasteiger partial charge on any atom is 0.418 e. The number of amides is 2. The second-order valence-corrected chi connectivity index (χ2v) is 9.76. The zero-order chi connectivity index (χ0) is 28.4. The normalized spacial score (nSPS) is 24.7. The van der Waals surface area contributed by atoms with Crippen LogP contribution >= 0.6 is 0 Å². The number of hydrazine groups is 1. The Morgan fingerprint density at radius 3 is 2.77 bits per heavy atom. The van der Waals surface area contributed by atoms with Crippen molar-refractivity contribution in [3.63, 3.8) is 0 Å². The summed E-state index contributed by atoms with van der Waals surface area (Å²) in [6, 6.07) is -0.916. The molecule has 16 heteroatoms. The van der Waals surface area contributed by atoms with E-state index in [1.165, 1.54) is 0 Å². The molecular formula is C23H30F6N6O4. The van der Waals surface area contributed by atoms with E-state index in [0.717, 1.165) is 12.3 Å². The van der Waals surface area contributed by atoms with Crippen molar-refractivity contribution in [1.29, 1.82) is 0 Å². The third-order valence-corrected chi connectivity index (χ3v) is 6.87. The van der Waals surface area contributed by atoms with Crippen LogP contribution < -0.4 is 25.8 Å². The Morgan fingerprint density at radius 2 is 2.05 bits per heavy atom. The van der Waals surface area contributed by atoms with Crippen LogP contribution in [-0.2, 0) is 20.5 Å². The second-order valence-electron chi connectivity index (χ2n) is 9.76. The number of carbonyl (C=O) groups excluding carboxylic acids is 2. The van der Waals surface area contributed by atoms with E-state index in [1.807, 2.05) is 10.3 Å². The fourth-order valence-corrected chi connectivity index (χ4v) is 4.98. The van der Waals surface area contributed by atoms with Crippen molar-refractivity contribution in [1.82, 2.24) is 26.1 Å². The monoisotopic (exact) mass is 568 g/mol. The van der Waals surface area contributed by atoms with Gasteiger partial charge in [0.25, 0.3) is 0 Å². The lowest BCUT2D eigenvalue weighted by molar-refractivity contribution is -0.193. The molecule has 3 N–H and O–H groups in total. The highest BCUT2D eigenvalue weighted by molar-refractivity contribution is 5.80. The maximum atomic E-state index is 13.3. The summed E-state index contributed by atoms with van der Waals surface area (Å²) in [6.45, 7) is 2.83. The van der Waals surface area contributed by atoms with Gasteiger partial charge in [-0.25, -0.2) is 10.4 Å². The minimum Gasteiger partial charge on any atom is -0.490 e. The minimum absolute atomic E-state index is 0.0338. The molecule has 39 heavy (non-hydrogen) atoms. The van der Waals surface area contributed by atoms with E-state index in [9.17, 15) is 35.9 Å². The van der Waals surface area contributed by atoms with Gasteiger partial charge in [-0.15, -0.1) is 0 Å². The molecule has 0 bridgehead atoms. The molecule has 4 rings (SSSR count). The number of alkyl halides is 6. The van der Waals surface area contributed by atoms with E-state index < -0.39 is 41.8 Å². The number of aromatic nitrogens is 1. The topological polar surface area (TPSA) is 108 Å². The number of anilines is 1. The molecule has 2 saturated heterocycles. The summed E-state index contributed by atoms with van der Waals surface area (Å²) in [4.78, 5) is 32.0. The number of ether oxygens (including phenoxy) is 2. The Labute approximate surface area is 220 Å². The van der Waals surface area contributed by atoms with E-state index in [4.69, 9.17) is 9.47 Å². The Bertz CT molecular complexity index is 1040. The number of carbonyl (C=O) groups is 2. The first-order valence-corrected chi connectivity index (χ1v) is 12.5. The predicted molar refractivity (Wildman–Crippen MR) is 125 cm³/mol. The van der Waals surface area contributed by atoms with Crippen LogP contribution in [-0.4, -0.2) is 92.0 Å². The minimum atomic E-state index is -4.70. The van der Waals surface area contributed by atoms with Crippen molar-refractivity contribution in [2.45, 2.75) is 50.2 Å². The Kier molecular flexibility index (Phi) is 8.75. The maximum absolute atomic E-state index is 13.3. The molecule has 10 nitrogen and oxygen atoms in total. The molecule has 218 valence electrons. The van der Waals surface area contributed by atoms with Crippen LogP contribution in [0.5, 0.6) is 5.75 Å². The third kappa shape index (κ3) is 7.03. The highest BCUT2D eigenvalue weighted by atomic mass is 19.4. The van der Waals surface area contributed by atoms with Crippen LogP contribution in [0.25, 0.3) is 0 Å². The highest BCUT2D eigenvalue weighted by Gasteiger charge is 2.51. The summed E-state index contributed by atoms with van der Waals surface area (Å²) in [6.07, 6.45) is -7.91. The quantitative estimate of drug-likeness (QED) is 0.336. The van der Waals surface area contributed by atoms with Crippen molar-refractivity contribution in [3.8, 4) is 5.75 Å². The van der Waals surface area contributed by atoms with E-state index >= 15 is 0 Å². The predicted octanol–water partition coefficient (Wildman–Crippen LogP) is 1.47. The summed E-state index contributed by atoms with van der Waals surface area (Å²) in [7, 11) is 0. The molecule has 3 aliphatic rings. The van der Waals surface area contributed by atoms with Crippen molar-refractivity contribution in [2.75, 3.05) is 50.9 Å². The van der Waals surface area contributed by atoms with Gasteiger partial charge in [0.2, 0.25) is 11.8 Å². The van der Waals surface area contributed by atoms with E-state index in [0.29, 0.717) is 31.9 Å². The molecule has 4 heterocycles. The fourth-order valence-electron chi connectivity index (χ4n) is 4.98. The molecule has 2 amide bonds. The summed E-state index contributed by atoms with van der Waals surface area (Å²) in [5, 5.41) is 2.76. The van der Waals surface area contributed by atoms with Gasteiger partial charge in [-0.3, -0.25) is 15.0 Å². The molecule has 0 saturated carbocycles. The van der Waals surface area contributed by atoms with E-state index in [1.54, 1.807) is 11.8 Å². The average Bonchev–Trinajstić information content (AvgIpc) is 3.03. The zero-order valence-corrected chi connectivity index (χ0v) is 21.1. The second kappa shape index (κ2) is 11.7. The van der Waals surface area contributed by atoms with Crippen molar-refractivity contribution < 1.29 is 45.4 Å². The fraction of sp³-hybridized carbons (Fsp3) is 0.696. The van der Waals surface area contributed by atoms with Crippen molar-refractivity contribution in [2.24, 2.45) is 5.92 Å². The van der Waals surface area contributed by atoms with E-state index in [-0.39, 0.29) is 50.5 Å². The first-order chi connectivity index (χ1) is 18.3. The number of nitrogens with zero attached hydrogens (tertiary/aromatic N) is 3. The van der Waals surface area contributed by atoms with Gasteiger partial charge in [0, 0.05) is 50.9 Å². The SMILES string of the molecule is C[C@@H](COCCC(=O)N1CCN2c3ncc(C(F)(F)F)cc3OCCC2C1)NC1CNNC(=O)C1C(F)(F)F. The molecule has 1 aromatic heterocycles. The molecule has 3 aliphatic heterocycles. The van der Waals surface area contributed by atoms with Gasteiger partial charge < -0.3 is 24.6 Å². The van der Waals surface area contributed by atoms with Crippen LogP contribution in [0, 0.1) is 5.92 Å². The Morgan fingerprint density at radius 1 is 1.28 bits per heavy atom. The van der Waals surface area contributed by atoms with Crippen LogP contribution in [0.15, 0.2) is 12.3 Å². The number of halogens is 6. The highest BCUT2D eigenvalue weighted by Crippen LogP contribution is 2.38. The molecule has 0 spiro atoms. The number of hydrogen-bond donors (Lipinski definition) is 3. The van der Waals surface area contributed by atoms with Crippen LogP contribution in [0.2, 0.25) is 0 Å². The number of piperazine rings is 1. The summed E-state index contributed by atoms with van der Waals surface area (Å²) in [5.74, 6) is -3.14. The largest absolute Gasteiger partial charge is 0.490 e.